The summed E-state index contributed by atoms with van der Waals surface area (Å²) in [6.45, 7) is 0. The fraction of sp³-hybridized carbons (Fsp3) is 0. The van der Waals surface area contributed by atoms with Crippen LogP contribution in [0.2, 0.25) is 0 Å². The van der Waals surface area contributed by atoms with Crippen molar-refractivity contribution in [2.45, 2.75) is 0 Å². The van der Waals surface area contributed by atoms with Crippen LogP contribution in [-0.2, 0) is 0 Å². The Balaban J connectivity index is 1.41. The molecule has 0 radical (unpaired) electrons. The molecule has 0 amide bonds. The van der Waals surface area contributed by atoms with Crippen molar-refractivity contribution in [1.29, 1.82) is 0 Å². The van der Waals surface area contributed by atoms with Crippen LogP contribution in [0.15, 0.2) is 146 Å². The summed E-state index contributed by atoms with van der Waals surface area (Å²) >= 11 is 0. The van der Waals surface area contributed by atoms with Crippen molar-refractivity contribution in [2.75, 3.05) is 4.90 Å². The lowest BCUT2D eigenvalue weighted by Crippen LogP contribution is -2.18. The van der Waals surface area contributed by atoms with Crippen LogP contribution in [0.4, 0.5) is 17.3 Å². The second kappa shape index (κ2) is 9.54. The van der Waals surface area contributed by atoms with E-state index in [1.807, 2.05) is 48.8 Å². The highest BCUT2D eigenvalue weighted by Crippen LogP contribution is 2.51. The highest BCUT2D eigenvalue weighted by atomic mass is 15.3. The first kappa shape index (κ1) is 23.3. The zero-order chi connectivity index (χ0) is 27.2. The Kier molecular flexibility index (Phi) is 5.42. The van der Waals surface area contributed by atoms with Crippen LogP contribution in [0.1, 0.15) is 0 Å². The van der Waals surface area contributed by atoms with Gasteiger partial charge in [0.05, 0.1) is 22.8 Å². The maximum atomic E-state index is 5.17. The van der Waals surface area contributed by atoms with E-state index in [9.17, 15) is 0 Å². The van der Waals surface area contributed by atoms with E-state index in [0.717, 1.165) is 39.5 Å². The molecule has 1 aliphatic rings. The monoisotopic (exact) mass is 524 g/mol. The van der Waals surface area contributed by atoms with Gasteiger partial charge in [-0.1, -0.05) is 103 Å². The summed E-state index contributed by atoms with van der Waals surface area (Å²) in [7, 11) is 0. The van der Waals surface area contributed by atoms with Gasteiger partial charge >= 0.3 is 0 Å². The van der Waals surface area contributed by atoms with Gasteiger partial charge in [0.2, 0.25) is 5.95 Å². The fourth-order valence-electron chi connectivity index (χ4n) is 5.79. The lowest BCUT2D eigenvalue weighted by atomic mass is 9.89. The van der Waals surface area contributed by atoms with Crippen LogP contribution in [0, 0.1) is 0 Å². The van der Waals surface area contributed by atoms with Crippen molar-refractivity contribution >= 4 is 28.1 Å². The van der Waals surface area contributed by atoms with Gasteiger partial charge in [-0.15, -0.1) is 0 Å². The number of nitrogens with zero attached hydrogens (tertiary/aromatic N) is 4. The molecule has 0 saturated heterocycles. The Bertz CT molecular complexity index is 1980. The van der Waals surface area contributed by atoms with Gasteiger partial charge in [0.15, 0.2) is 0 Å². The quantitative estimate of drug-likeness (QED) is 0.230. The van der Waals surface area contributed by atoms with Crippen molar-refractivity contribution in [3.8, 4) is 44.8 Å². The summed E-state index contributed by atoms with van der Waals surface area (Å²) in [5.41, 5.74) is 10.5. The molecule has 4 nitrogen and oxygen atoms in total. The van der Waals surface area contributed by atoms with Gasteiger partial charge in [-0.3, -0.25) is 9.88 Å². The molecule has 3 heterocycles. The van der Waals surface area contributed by atoms with E-state index in [-0.39, 0.29) is 0 Å². The lowest BCUT2D eigenvalue weighted by Gasteiger charge is -2.32. The van der Waals surface area contributed by atoms with Crippen LogP contribution < -0.4 is 4.90 Å². The highest BCUT2D eigenvalue weighted by Gasteiger charge is 2.29. The van der Waals surface area contributed by atoms with Crippen LogP contribution in [0.5, 0.6) is 0 Å². The zero-order valence-electron chi connectivity index (χ0n) is 22.1. The normalized spacial score (nSPS) is 11.9. The molecule has 4 heteroatoms. The second-order valence-corrected chi connectivity index (χ2v) is 10.2. The summed E-state index contributed by atoms with van der Waals surface area (Å²) in [5, 5.41) is 2.34. The number of rotatable bonds is 4. The van der Waals surface area contributed by atoms with Gasteiger partial charge in [0, 0.05) is 34.5 Å². The summed E-state index contributed by atoms with van der Waals surface area (Å²) in [6, 6.07) is 46.3. The zero-order valence-corrected chi connectivity index (χ0v) is 22.1. The van der Waals surface area contributed by atoms with Gasteiger partial charge in [-0.25, -0.2) is 9.97 Å². The van der Waals surface area contributed by atoms with Crippen molar-refractivity contribution in [2.24, 2.45) is 0 Å². The lowest BCUT2D eigenvalue weighted by molar-refractivity contribution is 1.08. The maximum Gasteiger partial charge on any atom is 0.235 e. The molecule has 2 aromatic heterocycles. The standard InChI is InChI=1S/C37H24N4/c1-4-11-25(12-5-1)29-21-28-17-10-18-35-36(28)30(22-29)31-24-38-20-19-34(31)41(35)37-39-32(26-13-6-2-7-14-26)23-33(40-37)27-15-8-3-9-16-27/h1-24H. The van der Waals surface area contributed by atoms with Gasteiger partial charge in [0.25, 0.3) is 0 Å². The molecule has 0 N–H and O–H groups in total. The van der Waals surface area contributed by atoms with Crippen LogP contribution >= 0.6 is 0 Å². The van der Waals surface area contributed by atoms with Gasteiger partial charge in [0.1, 0.15) is 0 Å². The molecule has 0 aliphatic carbocycles. The topological polar surface area (TPSA) is 41.9 Å². The van der Waals surface area contributed by atoms with Crippen LogP contribution in [0.3, 0.4) is 0 Å². The summed E-state index contributed by atoms with van der Waals surface area (Å²) in [5.74, 6) is 0.628. The smallest absolute Gasteiger partial charge is 0.235 e. The SMILES string of the molecule is c1ccc(-c2cc3c4c(cccc4c2)N(c2nc(-c4ccccc4)cc(-c4ccccc4)n2)c2ccncc2-3)cc1. The molecule has 0 bridgehead atoms. The number of hydrogen-bond acceptors (Lipinski definition) is 4. The summed E-state index contributed by atoms with van der Waals surface area (Å²) in [6.07, 6.45) is 3.80. The number of fused-ring (bicyclic) bond motifs is 2. The highest BCUT2D eigenvalue weighted by molar-refractivity contribution is 6.14. The molecule has 1 aliphatic heterocycles. The first-order valence-electron chi connectivity index (χ1n) is 13.7. The summed E-state index contributed by atoms with van der Waals surface area (Å²) in [4.78, 5) is 17.1. The maximum absolute atomic E-state index is 5.17. The fourth-order valence-corrected chi connectivity index (χ4v) is 5.79. The Morgan fingerprint density at radius 2 is 1.10 bits per heavy atom. The number of benzene rings is 5. The molecule has 0 fully saturated rings. The van der Waals surface area contributed by atoms with Crippen molar-refractivity contribution in [3.05, 3.63) is 146 Å². The molecule has 0 atom stereocenters. The minimum Gasteiger partial charge on any atom is -0.278 e. The van der Waals surface area contributed by atoms with Crippen LogP contribution in [0.25, 0.3) is 55.5 Å². The summed E-state index contributed by atoms with van der Waals surface area (Å²) < 4.78 is 0. The predicted molar refractivity (Wildman–Crippen MR) is 167 cm³/mol. The number of pyridine rings is 1. The largest absolute Gasteiger partial charge is 0.278 e. The molecule has 0 unspecified atom stereocenters. The number of aromatic nitrogens is 3. The van der Waals surface area contributed by atoms with Crippen molar-refractivity contribution < 1.29 is 0 Å². The van der Waals surface area contributed by atoms with E-state index in [4.69, 9.17) is 9.97 Å². The molecule has 7 aromatic rings. The van der Waals surface area contributed by atoms with Crippen LogP contribution in [-0.4, -0.2) is 15.0 Å². The number of hydrogen-bond donors (Lipinski definition) is 0. The van der Waals surface area contributed by atoms with Crippen molar-refractivity contribution in [3.63, 3.8) is 0 Å². The Hall–Kier alpha value is -5.61. The predicted octanol–water partition coefficient (Wildman–Crippen LogP) is 9.48. The molecule has 192 valence electrons. The minimum atomic E-state index is 0.628. The van der Waals surface area contributed by atoms with E-state index in [1.165, 1.54) is 27.5 Å². The molecule has 0 spiro atoms. The first-order chi connectivity index (χ1) is 20.3. The van der Waals surface area contributed by atoms with E-state index in [0.29, 0.717) is 5.95 Å². The molecule has 5 aromatic carbocycles. The second-order valence-electron chi connectivity index (χ2n) is 10.2. The molecule has 41 heavy (non-hydrogen) atoms. The average molecular weight is 525 g/mol. The minimum absolute atomic E-state index is 0.628. The van der Waals surface area contributed by atoms with Crippen molar-refractivity contribution in [1.82, 2.24) is 15.0 Å². The van der Waals surface area contributed by atoms with E-state index >= 15 is 0 Å². The van der Waals surface area contributed by atoms with Gasteiger partial charge < -0.3 is 0 Å². The third kappa shape index (κ3) is 3.97. The average Bonchev–Trinajstić information content (AvgIpc) is 3.06. The Morgan fingerprint density at radius 3 is 1.76 bits per heavy atom. The third-order valence-corrected chi connectivity index (χ3v) is 7.69. The Labute approximate surface area is 238 Å². The molecular weight excluding hydrogens is 500 g/mol. The van der Waals surface area contributed by atoms with Gasteiger partial charge in [-0.2, -0.15) is 0 Å². The number of anilines is 3. The third-order valence-electron chi connectivity index (χ3n) is 7.69. The van der Waals surface area contributed by atoms with E-state index in [1.54, 1.807) is 0 Å². The van der Waals surface area contributed by atoms with E-state index in [2.05, 4.69) is 107 Å². The first-order valence-corrected chi connectivity index (χ1v) is 13.7. The molecule has 8 rings (SSSR count). The molecule has 0 saturated carbocycles. The van der Waals surface area contributed by atoms with Gasteiger partial charge in [-0.05, 0) is 52.4 Å². The van der Waals surface area contributed by atoms with E-state index < -0.39 is 0 Å². The Morgan fingerprint density at radius 1 is 0.463 bits per heavy atom. The molecular formula is C37H24N4.